The first-order chi connectivity index (χ1) is 11.7. The zero-order valence-corrected chi connectivity index (χ0v) is 14.4. The van der Waals surface area contributed by atoms with Gasteiger partial charge in [0.1, 0.15) is 0 Å². The summed E-state index contributed by atoms with van der Waals surface area (Å²) in [5.41, 5.74) is 2.92. The van der Waals surface area contributed by atoms with E-state index >= 15 is 0 Å². The van der Waals surface area contributed by atoms with E-state index in [1.54, 1.807) is 18.5 Å². The first kappa shape index (κ1) is 19.4. The molecule has 1 heterocycles. The van der Waals surface area contributed by atoms with E-state index < -0.39 is 0 Å². The fourth-order valence-electron chi connectivity index (χ4n) is 1.89. The summed E-state index contributed by atoms with van der Waals surface area (Å²) in [4.78, 5) is 9.09. The number of aliphatic hydroxyl groups is 1. The number of hydrogen-bond donors (Lipinski definition) is 2. The van der Waals surface area contributed by atoms with Gasteiger partial charge in [-0.1, -0.05) is 41.6 Å². The summed E-state index contributed by atoms with van der Waals surface area (Å²) in [5.74, 6) is 0.677. The van der Waals surface area contributed by atoms with Gasteiger partial charge in [0.25, 0.3) is 0 Å². The third-order valence-corrected chi connectivity index (χ3v) is 3.14. The lowest BCUT2D eigenvalue weighted by Crippen LogP contribution is -2.10. The summed E-state index contributed by atoms with van der Waals surface area (Å²) in [6.45, 7) is 3.86. The van der Waals surface area contributed by atoms with Crippen LogP contribution in [0, 0.1) is 0 Å². The third kappa shape index (κ3) is 7.07. The number of hydrogen-bond acceptors (Lipinski definition) is 5. The van der Waals surface area contributed by atoms with E-state index in [2.05, 4.69) is 33.7 Å². The Morgan fingerprint density at radius 3 is 2.83 bits per heavy atom. The normalized spacial score (nSPS) is 14.2. The van der Waals surface area contributed by atoms with Gasteiger partial charge in [0.05, 0.1) is 12.3 Å². The monoisotopic (exact) mass is 327 g/mol. The lowest BCUT2D eigenvalue weighted by atomic mass is 10.1. The Kier molecular flexibility index (Phi) is 9.57. The van der Waals surface area contributed by atoms with Crippen molar-refractivity contribution in [2.75, 3.05) is 7.05 Å². The molecular weight excluding hydrogens is 302 g/mol. The van der Waals surface area contributed by atoms with E-state index in [1.807, 2.05) is 45.2 Å². The van der Waals surface area contributed by atoms with Crippen molar-refractivity contribution < 1.29 is 9.94 Å². The largest absolute Gasteiger partial charge is 0.390 e. The Bertz CT molecular complexity index is 629. The average molecular weight is 327 g/mol. The first-order valence-corrected chi connectivity index (χ1v) is 7.81. The van der Waals surface area contributed by atoms with Crippen molar-refractivity contribution in [2.24, 2.45) is 5.16 Å². The number of aliphatic hydroxyl groups excluding tert-OH is 1. The Labute approximate surface area is 143 Å². The lowest BCUT2D eigenvalue weighted by Gasteiger charge is -2.09. The maximum Gasteiger partial charge on any atom is 0.226 e. The maximum atomic E-state index is 8.48. The molecule has 24 heavy (non-hydrogen) atoms. The van der Waals surface area contributed by atoms with Gasteiger partial charge in [-0.15, -0.1) is 0 Å². The zero-order valence-electron chi connectivity index (χ0n) is 14.4. The van der Waals surface area contributed by atoms with Gasteiger partial charge < -0.3 is 15.3 Å². The van der Waals surface area contributed by atoms with E-state index in [-0.39, 0.29) is 6.61 Å². The van der Waals surface area contributed by atoms with Crippen molar-refractivity contribution in [1.29, 1.82) is 0 Å². The van der Waals surface area contributed by atoms with Crippen molar-refractivity contribution in [1.82, 2.24) is 10.3 Å². The minimum Gasteiger partial charge on any atom is -0.390 e. The molecule has 1 aliphatic carbocycles. The SMILES string of the molecule is C/C=N\O/C(NC)=C(\C)C1=CCC=CC=C1.OCc1ccccn1. The van der Waals surface area contributed by atoms with E-state index in [4.69, 9.17) is 9.94 Å². The van der Waals surface area contributed by atoms with Crippen LogP contribution in [0.5, 0.6) is 0 Å². The number of oxime groups is 1. The van der Waals surface area contributed by atoms with Crippen LogP contribution in [0.1, 0.15) is 26.0 Å². The Hall–Kier alpha value is -2.66. The third-order valence-electron chi connectivity index (χ3n) is 3.14. The Balaban J connectivity index is 0.000000300. The molecular formula is C19H25N3O2. The van der Waals surface area contributed by atoms with Crippen LogP contribution in [-0.2, 0) is 11.4 Å². The molecule has 5 nitrogen and oxygen atoms in total. The fourth-order valence-corrected chi connectivity index (χ4v) is 1.89. The highest BCUT2D eigenvalue weighted by molar-refractivity contribution is 5.52. The first-order valence-electron chi connectivity index (χ1n) is 7.81. The smallest absolute Gasteiger partial charge is 0.226 e. The fraction of sp³-hybridized carbons (Fsp3) is 0.263. The topological polar surface area (TPSA) is 66.7 Å². The van der Waals surface area contributed by atoms with E-state index in [0.717, 1.165) is 17.6 Å². The predicted molar refractivity (Wildman–Crippen MR) is 98.2 cm³/mol. The van der Waals surface area contributed by atoms with Gasteiger partial charge in [-0.2, -0.15) is 0 Å². The minimum absolute atomic E-state index is 0.0286. The van der Waals surface area contributed by atoms with Crippen LogP contribution in [0.4, 0.5) is 0 Å². The lowest BCUT2D eigenvalue weighted by molar-refractivity contribution is 0.207. The molecule has 1 aromatic heterocycles. The van der Waals surface area contributed by atoms with E-state index in [9.17, 15) is 0 Å². The molecule has 0 saturated carbocycles. The molecule has 2 rings (SSSR count). The van der Waals surface area contributed by atoms with Crippen LogP contribution >= 0.6 is 0 Å². The second-order valence-corrected chi connectivity index (χ2v) is 4.82. The van der Waals surface area contributed by atoms with Gasteiger partial charge in [0, 0.05) is 25.0 Å². The summed E-state index contributed by atoms with van der Waals surface area (Å²) in [6, 6.07) is 5.44. The van der Waals surface area contributed by atoms with Gasteiger partial charge in [-0.25, -0.2) is 0 Å². The number of nitrogens with zero attached hydrogens (tertiary/aromatic N) is 2. The standard InChI is InChI=1S/C13H18N2O.C6H7NO/c1-4-15-16-13(14-3)11(2)12-9-7-5-6-8-10-12;8-5-6-3-1-2-4-7-6/h4-7,9-10,14H,8H2,1-3H3;1-4,8H,5H2/b13-11+,15-4-;. The number of nitrogens with one attached hydrogen (secondary N) is 1. The molecule has 1 aliphatic rings. The molecule has 0 atom stereocenters. The zero-order chi connectivity index (χ0) is 17.6. The molecule has 0 fully saturated rings. The van der Waals surface area contributed by atoms with Crippen LogP contribution in [0.3, 0.4) is 0 Å². The van der Waals surface area contributed by atoms with Crippen molar-refractivity contribution >= 4 is 6.21 Å². The highest BCUT2D eigenvalue weighted by Gasteiger charge is 2.06. The molecule has 0 radical (unpaired) electrons. The second kappa shape index (κ2) is 11.8. The number of allylic oxidation sites excluding steroid dienone is 7. The molecule has 0 aromatic carbocycles. The summed E-state index contributed by atoms with van der Waals surface area (Å²) in [7, 11) is 1.82. The highest BCUT2D eigenvalue weighted by Crippen LogP contribution is 2.18. The van der Waals surface area contributed by atoms with Crippen LogP contribution in [0.25, 0.3) is 0 Å². The molecule has 1 aromatic rings. The molecule has 0 bridgehead atoms. The summed E-state index contributed by atoms with van der Waals surface area (Å²) in [6.07, 6.45) is 14.6. The summed E-state index contributed by atoms with van der Waals surface area (Å²) in [5, 5.41) is 15.2. The quantitative estimate of drug-likeness (QED) is 0.494. The Morgan fingerprint density at radius 2 is 2.25 bits per heavy atom. The van der Waals surface area contributed by atoms with Crippen LogP contribution in [-0.4, -0.2) is 23.4 Å². The minimum atomic E-state index is 0.0286. The molecule has 2 N–H and O–H groups in total. The van der Waals surface area contributed by atoms with Gasteiger partial charge in [-0.05, 0) is 38.0 Å². The van der Waals surface area contributed by atoms with Crippen LogP contribution < -0.4 is 5.32 Å². The second-order valence-electron chi connectivity index (χ2n) is 4.82. The number of aromatic nitrogens is 1. The number of rotatable bonds is 5. The average Bonchev–Trinajstić information content (AvgIpc) is 2.93. The van der Waals surface area contributed by atoms with Crippen LogP contribution in [0.2, 0.25) is 0 Å². The van der Waals surface area contributed by atoms with Crippen LogP contribution in [0.15, 0.2) is 77.0 Å². The Morgan fingerprint density at radius 1 is 1.42 bits per heavy atom. The van der Waals surface area contributed by atoms with Gasteiger partial charge in [-0.3, -0.25) is 4.98 Å². The van der Waals surface area contributed by atoms with Gasteiger partial charge in [0.2, 0.25) is 5.88 Å². The van der Waals surface area contributed by atoms with Gasteiger partial charge >= 0.3 is 0 Å². The highest BCUT2D eigenvalue weighted by atomic mass is 16.6. The summed E-state index contributed by atoms with van der Waals surface area (Å²) < 4.78 is 0. The van der Waals surface area contributed by atoms with Crippen molar-refractivity contribution in [3.8, 4) is 0 Å². The van der Waals surface area contributed by atoms with Crippen molar-refractivity contribution in [3.63, 3.8) is 0 Å². The van der Waals surface area contributed by atoms with Crippen molar-refractivity contribution in [3.05, 3.63) is 77.5 Å². The predicted octanol–water partition coefficient (Wildman–Crippen LogP) is 3.48. The van der Waals surface area contributed by atoms with Gasteiger partial charge in [0.15, 0.2) is 0 Å². The molecule has 128 valence electrons. The molecule has 0 unspecified atom stereocenters. The molecule has 0 amide bonds. The van der Waals surface area contributed by atoms with Crippen molar-refractivity contribution in [2.45, 2.75) is 26.9 Å². The van der Waals surface area contributed by atoms with E-state index in [1.165, 1.54) is 0 Å². The molecule has 0 aliphatic heterocycles. The molecule has 0 saturated heterocycles. The maximum absolute atomic E-state index is 8.48. The summed E-state index contributed by atoms with van der Waals surface area (Å²) >= 11 is 0. The van der Waals surface area contributed by atoms with E-state index in [0.29, 0.717) is 11.6 Å². The number of pyridine rings is 1. The molecule has 0 spiro atoms. The molecule has 5 heteroatoms.